The maximum Gasteiger partial charge on any atom is 0.243 e. The molecule has 0 aliphatic heterocycles. The molecule has 0 spiro atoms. The molecule has 0 fully saturated rings. The molecule has 0 unspecified atom stereocenters. The van der Waals surface area contributed by atoms with Crippen molar-refractivity contribution >= 4 is 50.7 Å². The first-order chi connectivity index (χ1) is 20.5. The lowest BCUT2D eigenvalue weighted by atomic mass is 10.0. The van der Waals surface area contributed by atoms with Gasteiger partial charge in [-0.05, 0) is 61.7 Å². The fourth-order valence-corrected chi connectivity index (χ4v) is 6.14. The van der Waals surface area contributed by atoms with Crippen LogP contribution in [-0.2, 0) is 32.6 Å². The molecule has 0 bridgehead atoms. The molecule has 0 aromatic heterocycles. The van der Waals surface area contributed by atoms with E-state index < -0.39 is 16.1 Å². The highest BCUT2D eigenvalue weighted by Crippen LogP contribution is 2.28. The summed E-state index contributed by atoms with van der Waals surface area (Å²) in [6, 6.07) is 20.5. The molecule has 0 aliphatic rings. The minimum atomic E-state index is -3.63. The highest BCUT2D eigenvalue weighted by molar-refractivity contribution is 7.92. The molecule has 11 heteroatoms. The number of halogens is 2. The van der Waals surface area contributed by atoms with Crippen LogP contribution in [0.25, 0.3) is 0 Å². The van der Waals surface area contributed by atoms with Crippen molar-refractivity contribution in [2.75, 3.05) is 30.3 Å². The number of anilines is 1. The SMILES string of the molecule is CCCNC(=O)[C@H](Cc1ccccc1)N(Cc1c(Cl)cccc1Cl)C(=O)CCCN(c1ccc(OCC)cc1)S(C)(=O)=O. The number of ether oxygens (including phenoxy) is 1. The van der Waals surface area contributed by atoms with Gasteiger partial charge in [-0.15, -0.1) is 0 Å². The number of hydrogen-bond acceptors (Lipinski definition) is 5. The summed E-state index contributed by atoms with van der Waals surface area (Å²) >= 11 is 13.0. The summed E-state index contributed by atoms with van der Waals surface area (Å²) in [6.45, 7) is 4.87. The minimum Gasteiger partial charge on any atom is -0.494 e. The molecule has 1 atom stereocenters. The molecule has 1 N–H and O–H groups in total. The summed E-state index contributed by atoms with van der Waals surface area (Å²) in [5, 5.41) is 3.71. The zero-order chi connectivity index (χ0) is 31.4. The second kappa shape index (κ2) is 16.5. The average molecular weight is 649 g/mol. The number of nitrogens with one attached hydrogen (secondary N) is 1. The van der Waals surface area contributed by atoms with Crippen LogP contribution < -0.4 is 14.4 Å². The van der Waals surface area contributed by atoms with Crippen molar-refractivity contribution in [2.24, 2.45) is 0 Å². The second-order valence-electron chi connectivity index (χ2n) is 10.1. The van der Waals surface area contributed by atoms with Gasteiger partial charge in [0, 0.05) is 48.1 Å². The number of amides is 2. The highest BCUT2D eigenvalue weighted by Gasteiger charge is 2.31. The Morgan fingerprint density at radius 3 is 2.16 bits per heavy atom. The van der Waals surface area contributed by atoms with E-state index in [1.54, 1.807) is 42.5 Å². The van der Waals surface area contributed by atoms with Crippen LogP contribution in [0.5, 0.6) is 5.75 Å². The smallest absolute Gasteiger partial charge is 0.243 e. The zero-order valence-corrected chi connectivity index (χ0v) is 27.1. The molecule has 2 amide bonds. The molecule has 0 saturated carbocycles. The van der Waals surface area contributed by atoms with Crippen molar-refractivity contribution < 1.29 is 22.7 Å². The Morgan fingerprint density at radius 1 is 0.930 bits per heavy atom. The van der Waals surface area contributed by atoms with E-state index in [0.717, 1.165) is 18.2 Å². The predicted octanol–water partition coefficient (Wildman–Crippen LogP) is 6.10. The number of benzene rings is 3. The van der Waals surface area contributed by atoms with Gasteiger partial charge in [0.15, 0.2) is 0 Å². The van der Waals surface area contributed by atoms with Crippen molar-refractivity contribution in [3.8, 4) is 5.75 Å². The molecule has 43 heavy (non-hydrogen) atoms. The maximum atomic E-state index is 13.9. The topological polar surface area (TPSA) is 96.0 Å². The number of hydrogen-bond donors (Lipinski definition) is 1. The van der Waals surface area contributed by atoms with Gasteiger partial charge in [-0.2, -0.15) is 0 Å². The maximum absolute atomic E-state index is 13.9. The molecule has 0 heterocycles. The van der Waals surface area contributed by atoms with Gasteiger partial charge in [-0.3, -0.25) is 13.9 Å². The van der Waals surface area contributed by atoms with Crippen LogP contribution in [-0.4, -0.2) is 57.1 Å². The lowest BCUT2D eigenvalue weighted by Crippen LogP contribution is -2.50. The Kier molecular flexibility index (Phi) is 13.2. The summed E-state index contributed by atoms with van der Waals surface area (Å²) in [4.78, 5) is 29.0. The van der Waals surface area contributed by atoms with E-state index in [4.69, 9.17) is 27.9 Å². The third kappa shape index (κ3) is 10.2. The van der Waals surface area contributed by atoms with Gasteiger partial charge in [-0.1, -0.05) is 66.5 Å². The summed E-state index contributed by atoms with van der Waals surface area (Å²) in [5.74, 6) is 0.0349. The monoisotopic (exact) mass is 647 g/mol. The zero-order valence-electron chi connectivity index (χ0n) is 24.8. The first kappa shape index (κ1) is 34.2. The van der Waals surface area contributed by atoms with E-state index in [0.29, 0.717) is 40.2 Å². The molecule has 3 aromatic carbocycles. The van der Waals surface area contributed by atoms with Crippen molar-refractivity contribution in [1.29, 1.82) is 0 Å². The normalized spacial score (nSPS) is 11.9. The van der Waals surface area contributed by atoms with Crippen LogP contribution in [0.2, 0.25) is 10.0 Å². The van der Waals surface area contributed by atoms with E-state index in [-0.39, 0.29) is 44.2 Å². The quantitative estimate of drug-likeness (QED) is 0.203. The summed E-state index contributed by atoms with van der Waals surface area (Å²) < 4.78 is 32.1. The van der Waals surface area contributed by atoms with Crippen LogP contribution in [0.4, 0.5) is 5.69 Å². The number of carbonyl (C=O) groups is 2. The van der Waals surface area contributed by atoms with Crippen molar-refractivity contribution in [1.82, 2.24) is 10.2 Å². The van der Waals surface area contributed by atoms with E-state index >= 15 is 0 Å². The molecule has 3 rings (SSSR count). The first-order valence-electron chi connectivity index (χ1n) is 14.3. The Morgan fingerprint density at radius 2 is 1.58 bits per heavy atom. The Balaban J connectivity index is 1.89. The van der Waals surface area contributed by atoms with Gasteiger partial charge >= 0.3 is 0 Å². The van der Waals surface area contributed by atoms with Gasteiger partial charge < -0.3 is 15.0 Å². The number of carbonyl (C=O) groups excluding carboxylic acids is 2. The van der Waals surface area contributed by atoms with Gasteiger partial charge in [0.1, 0.15) is 11.8 Å². The number of rotatable bonds is 16. The number of nitrogens with zero attached hydrogens (tertiary/aromatic N) is 2. The van der Waals surface area contributed by atoms with Gasteiger partial charge in [0.2, 0.25) is 21.8 Å². The molecule has 3 aromatic rings. The Bertz CT molecular complexity index is 1430. The van der Waals surface area contributed by atoms with Crippen molar-refractivity contribution in [2.45, 2.75) is 52.1 Å². The third-order valence-electron chi connectivity index (χ3n) is 6.80. The average Bonchev–Trinajstić information content (AvgIpc) is 2.97. The fourth-order valence-electron chi connectivity index (χ4n) is 4.65. The highest BCUT2D eigenvalue weighted by atomic mass is 35.5. The van der Waals surface area contributed by atoms with Gasteiger partial charge in [-0.25, -0.2) is 8.42 Å². The van der Waals surface area contributed by atoms with E-state index in [2.05, 4.69) is 5.32 Å². The van der Waals surface area contributed by atoms with E-state index in [1.807, 2.05) is 44.2 Å². The largest absolute Gasteiger partial charge is 0.494 e. The second-order valence-corrected chi connectivity index (χ2v) is 12.8. The van der Waals surface area contributed by atoms with Crippen LogP contribution in [0, 0.1) is 0 Å². The van der Waals surface area contributed by atoms with Crippen molar-refractivity contribution in [3.05, 3.63) is 94.0 Å². The number of sulfonamides is 1. The molecular weight excluding hydrogens is 609 g/mol. The Labute approximate surface area is 265 Å². The molecule has 0 radical (unpaired) electrons. The van der Waals surface area contributed by atoms with Crippen molar-refractivity contribution in [3.63, 3.8) is 0 Å². The Hall–Kier alpha value is -3.27. The standard InChI is InChI=1S/C32H39Cl2N3O5S/c1-4-20-35-32(39)30(22-24-11-7-6-8-12-24)36(23-27-28(33)13-9-14-29(27)34)31(38)15-10-21-37(43(3,40)41)25-16-18-26(19-17-25)42-5-2/h6-9,11-14,16-19,30H,4-5,10,15,20-23H2,1-3H3,(H,35,39)/t30-/m0/s1. The minimum absolute atomic E-state index is 0.00251. The molecule has 232 valence electrons. The van der Waals surface area contributed by atoms with Gasteiger partial charge in [0.25, 0.3) is 0 Å². The fraction of sp³-hybridized carbons (Fsp3) is 0.375. The van der Waals surface area contributed by atoms with Gasteiger partial charge in [0.05, 0.1) is 18.6 Å². The van der Waals surface area contributed by atoms with Crippen LogP contribution in [0.1, 0.15) is 44.2 Å². The summed E-state index contributed by atoms with van der Waals surface area (Å²) in [7, 11) is -3.63. The van der Waals surface area contributed by atoms with E-state index in [1.165, 1.54) is 9.21 Å². The lowest BCUT2D eigenvalue weighted by molar-refractivity contribution is -0.141. The van der Waals surface area contributed by atoms with Crippen LogP contribution in [0.3, 0.4) is 0 Å². The predicted molar refractivity (Wildman–Crippen MR) is 173 cm³/mol. The molecule has 0 saturated heterocycles. The van der Waals surface area contributed by atoms with Crippen LogP contribution in [0.15, 0.2) is 72.8 Å². The summed E-state index contributed by atoms with van der Waals surface area (Å²) in [5.41, 5.74) is 1.90. The molecule has 0 aliphatic carbocycles. The van der Waals surface area contributed by atoms with Crippen LogP contribution >= 0.6 is 23.2 Å². The van der Waals surface area contributed by atoms with E-state index in [9.17, 15) is 18.0 Å². The molecular formula is C32H39Cl2N3O5S. The molecule has 8 nitrogen and oxygen atoms in total. The first-order valence-corrected chi connectivity index (χ1v) is 16.9. The summed E-state index contributed by atoms with van der Waals surface area (Å²) in [6.07, 6.45) is 2.37. The lowest BCUT2D eigenvalue weighted by Gasteiger charge is -2.32. The third-order valence-corrected chi connectivity index (χ3v) is 8.70.